The number of carbonyl (C=O) groups excluding carboxylic acids is 3. The second kappa shape index (κ2) is 7.11. The van der Waals surface area contributed by atoms with Gasteiger partial charge in [-0.2, -0.15) is 0 Å². The smallest absolute Gasteiger partial charge is 0.333 e. The van der Waals surface area contributed by atoms with Gasteiger partial charge in [-0.25, -0.2) is 4.79 Å². The zero-order valence-corrected chi connectivity index (χ0v) is 15.0. The average Bonchev–Trinajstić information content (AvgIpc) is 2.65. The van der Waals surface area contributed by atoms with Crippen LogP contribution in [0.25, 0.3) is 0 Å². The highest BCUT2D eigenvalue weighted by Gasteiger charge is 2.59. The molecule has 0 aliphatic carbocycles. The highest BCUT2D eigenvalue weighted by molar-refractivity contribution is 8.01. The molecule has 2 saturated heterocycles. The number of carbonyl (C=O) groups is 3. The number of rotatable bonds is 7. The fraction of sp³-hybridized carbons (Fsp3) is 0.812. The molecule has 0 saturated carbocycles. The summed E-state index contributed by atoms with van der Waals surface area (Å²) < 4.78 is 9.96. The van der Waals surface area contributed by atoms with Gasteiger partial charge in [0.1, 0.15) is 6.04 Å². The molecular formula is C16H25NO5S. The summed E-state index contributed by atoms with van der Waals surface area (Å²) >= 11 is 1.61. The molecule has 3 atom stereocenters. The zero-order chi connectivity index (χ0) is 17.2. The van der Waals surface area contributed by atoms with E-state index in [2.05, 4.69) is 6.92 Å². The molecule has 2 rings (SSSR count). The Labute approximate surface area is 141 Å². The van der Waals surface area contributed by atoms with Crippen LogP contribution < -0.4 is 0 Å². The fourth-order valence-electron chi connectivity index (χ4n) is 2.97. The zero-order valence-electron chi connectivity index (χ0n) is 14.2. The molecule has 2 aliphatic heterocycles. The number of β-lactam (4-membered cyclic amide) rings is 1. The van der Waals surface area contributed by atoms with Crippen LogP contribution in [0.3, 0.4) is 0 Å². The molecule has 0 aromatic heterocycles. The van der Waals surface area contributed by atoms with Crippen molar-refractivity contribution in [3.63, 3.8) is 0 Å². The van der Waals surface area contributed by atoms with Gasteiger partial charge in [0.15, 0.2) is 0 Å². The molecule has 2 fully saturated rings. The lowest BCUT2D eigenvalue weighted by atomic mass is 9.98. The summed E-state index contributed by atoms with van der Waals surface area (Å²) in [6, 6.07) is -0.625. The number of nitrogens with zero attached hydrogens (tertiary/aromatic N) is 1. The molecule has 7 heteroatoms. The highest BCUT2D eigenvalue weighted by Crippen LogP contribution is 2.50. The van der Waals surface area contributed by atoms with Crippen molar-refractivity contribution in [1.29, 1.82) is 0 Å². The van der Waals surface area contributed by atoms with Crippen LogP contribution in [0.15, 0.2) is 0 Å². The number of hydrogen-bond donors (Lipinski definition) is 0. The molecular weight excluding hydrogens is 318 g/mol. The topological polar surface area (TPSA) is 72.9 Å². The summed E-state index contributed by atoms with van der Waals surface area (Å²) in [5, 5.41) is 0.0574. The van der Waals surface area contributed by atoms with Crippen molar-refractivity contribution in [2.45, 2.75) is 82.3 Å². The van der Waals surface area contributed by atoms with Crippen molar-refractivity contribution in [2.24, 2.45) is 0 Å². The molecule has 0 bridgehead atoms. The van der Waals surface area contributed by atoms with E-state index >= 15 is 0 Å². The molecule has 2 aliphatic rings. The third kappa shape index (κ3) is 4.00. The first-order valence-electron chi connectivity index (χ1n) is 8.15. The summed E-state index contributed by atoms with van der Waals surface area (Å²) in [6.07, 6.45) is 2.62. The number of ether oxygens (including phenoxy) is 2. The standard InChI is InChI=1S/C16H25NO5S/c1-5-6-7-8-13(19)21-10(2)22-15(20)14-16(3,4)23-12-9-11(18)17(12)14/h10,12,14H,5-9H2,1-4H3/t10?,12-,14+/m1/s1. The van der Waals surface area contributed by atoms with E-state index in [0.29, 0.717) is 12.8 Å². The van der Waals surface area contributed by atoms with Crippen LogP contribution in [0, 0.1) is 0 Å². The predicted molar refractivity (Wildman–Crippen MR) is 86.5 cm³/mol. The summed E-state index contributed by atoms with van der Waals surface area (Å²) in [6.45, 7) is 7.44. The van der Waals surface area contributed by atoms with Gasteiger partial charge in [0.05, 0.1) is 11.8 Å². The summed E-state index contributed by atoms with van der Waals surface area (Å²) in [5.74, 6) is -0.900. The molecule has 0 aromatic carbocycles. The van der Waals surface area contributed by atoms with Crippen molar-refractivity contribution >= 4 is 29.6 Å². The number of thioether (sulfide) groups is 1. The SMILES string of the molecule is CCCCCC(=O)OC(C)OC(=O)[C@@H]1N2C(=O)C[C@H]2SC1(C)C. The predicted octanol–water partition coefficient (Wildman–Crippen LogP) is 2.45. The maximum Gasteiger partial charge on any atom is 0.333 e. The van der Waals surface area contributed by atoms with E-state index in [1.165, 1.54) is 6.92 Å². The number of esters is 2. The second-order valence-corrected chi connectivity index (χ2v) is 8.37. The second-order valence-electron chi connectivity index (χ2n) is 6.54. The van der Waals surface area contributed by atoms with Gasteiger partial charge < -0.3 is 14.4 Å². The van der Waals surface area contributed by atoms with E-state index in [9.17, 15) is 14.4 Å². The van der Waals surface area contributed by atoms with Crippen molar-refractivity contribution < 1.29 is 23.9 Å². The molecule has 6 nitrogen and oxygen atoms in total. The molecule has 130 valence electrons. The lowest BCUT2D eigenvalue weighted by Crippen LogP contribution is -2.57. The maximum atomic E-state index is 12.4. The highest BCUT2D eigenvalue weighted by atomic mass is 32.2. The average molecular weight is 343 g/mol. The molecule has 0 radical (unpaired) electrons. The van der Waals surface area contributed by atoms with Crippen LogP contribution in [0.2, 0.25) is 0 Å². The molecule has 0 spiro atoms. The maximum absolute atomic E-state index is 12.4. The van der Waals surface area contributed by atoms with Crippen molar-refractivity contribution in [2.75, 3.05) is 0 Å². The first-order valence-corrected chi connectivity index (χ1v) is 9.03. The molecule has 23 heavy (non-hydrogen) atoms. The van der Waals surface area contributed by atoms with Crippen LogP contribution >= 0.6 is 11.8 Å². The fourth-order valence-corrected chi connectivity index (χ4v) is 4.59. The van der Waals surface area contributed by atoms with E-state index in [4.69, 9.17) is 9.47 Å². The Kier molecular flexibility index (Phi) is 5.60. The summed E-state index contributed by atoms with van der Waals surface area (Å²) in [4.78, 5) is 37.4. The summed E-state index contributed by atoms with van der Waals surface area (Å²) in [7, 11) is 0. The molecule has 1 amide bonds. The van der Waals surface area contributed by atoms with E-state index in [1.807, 2.05) is 13.8 Å². The van der Waals surface area contributed by atoms with Crippen LogP contribution in [-0.2, 0) is 23.9 Å². The van der Waals surface area contributed by atoms with Crippen molar-refractivity contribution in [3.05, 3.63) is 0 Å². The molecule has 2 heterocycles. The minimum atomic E-state index is -0.937. The van der Waals surface area contributed by atoms with E-state index in [0.717, 1.165) is 19.3 Å². The Bertz CT molecular complexity index is 493. The number of unbranched alkanes of at least 4 members (excludes halogenated alkanes) is 2. The first-order chi connectivity index (χ1) is 10.8. The molecule has 0 aromatic rings. The van der Waals surface area contributed by atoms with Crippen LogP contribution in [-0.4, -0.2) is 45.2 Å². The Morgan fingerprint density at radius 3 is 2.65 bits per heavy atom. The van der Waals surface area contributed by atoms with Crippen molar-refractivity contribution in [1.82, 2.24) is 4.90 Å². The number of fused-ring (bicyclic) bond motifs is 1. The van der Waals surface area contributed by atoms with E-state index in [-0.39, 0.29) is 17.3 Å². The van der Waals surface area contributed by atoms with Gasteiger partial charge in [-0.05, 0) is 20.3 Å². The number of hydrogen-bond acceptors (Lipinski definition) is 6. The van der Waals surface area contributed by atoms with Gasteiger partial charge in [-0.1, -0.05) is 19.8 Å². The van der Waals surface area contributed by atoms with Gasteiger partial charge >= 0.3 is 11.9 Å². The number of amides is 1. The van der Waals surface area contributed by atoms with Crippen LogP contribution in [0.4, 0.5) is 0 Å². The minimum Gasteiger partial charge on any atom is -0.425 e. The Balaban J connectivity index is 1.86. The van der Waals surface area contributed by atoms with E-state index in [1.54, 1.807) is 16.7 Å². The molecule has 1 unspecified atom stereocenters. The lowest BCUT2D eigenvalue weighted by Gasteiger charge is -2.37. The Hall–Kier alpha value is -1.24. The van der Waals surface area contributed by atoms with Gasteiger partial charge in [-0.15, -0.1) is 11.8 Å². The minimum absolute atomic E-state index is 0.0285. The van der Waals surface area contributed by atoms with Gasteiger partial charge in [0, 0.05) is 18.1 Å². The van der Waals surface area contributed by atoms with Crippen LogP contribution in [0.5, 0.6) is 0 Å². The van der Waals surface area contributed by atoms with Gasteiger partial charge in [-0.3, -0.25) is 9.59 Å². The van der Waals surface area contributed by atoms with E-state index < -0.39 is 23.0 Å². The van der Waals surface area contributed by atoms with Crippen LogP contribution in [0.1, 0.15) is 59.8 Å². The Morgan fingerprint density at radius 1 is 1.35 bits per heavy atom. The lowest BCUT2D eigenvalue weighted by molar-refractivity contribution is -0.191. The normalized spacial score (nSPS) is 26.3. The third-order valence-corrected chi connectivity index (χ3v) is 5.61. The van der Waals surface area contributed by atoms with Gasteiger partial charge in [0.25, 0.3) is 0 Å². The van der Waals surface area contributed by atoms with Gasteiger partial charge in [0.2, 0.25) is 12.2 Å². The summed E-state index contributed by atoms with van der Waals surface area (Å²) in [5.41, 5.74) is 0. The Morgan fingerprint density at radius 2 is 2.04 bits per heavy atom. The van der Waals surface area contributed by atoms with Crippen molar-refractivity contribution in [3.8, 4) is 0 Å². The third-order valence-electron chi connectivity index (χ3n) is 4.11. The largest absolute Gasteiger partial charge is 0.425 e. The monoisotopic (exact) mass is 343 g/mol. The molecule has 0 N–H and O–H groups in total. The quantitative estimate of drug-likeness (QED) is 0.306. The first kappa shape index (κ1) is 18.1.